The number of rotatable bonds is 3. The predicted octanol–water partition coefficient (Wildman–Crippen LogP) is 3.71. The van der Waals surface area contributed by atoms with Gasteiger partial charge >= 0.3 is 5.97 Å². The number of carbonyl (C=O) groups excluding carboxylic acids is 1. The molecule has 4 bridgehead atoms. The SMILES string of the molecule is C=CC(=O)OC1(CC)C2CC3CC1CC(C)(C3)C2. The third-order valence-corrected chi connectivity index (χ3v) is 5.89. The van der Waals surface area contributed by atoms with Crippen LogP contribution >= 0.6 is 0 Å². The Bertz CT molecular complexity index is 369. The largest absolute Gasteiger partial charge is 0.455 e. The summed E-state index contributed by atoms with van der Waals surface area (Å²) in [6, 6.07) is 0. The Labute approximate surface area is 110 Å². The molecule has 0 heterocycles. The van der Waals surface area contributed by atoms with Crippen LogP contribution in [0, 0.1) is 23.2 Å². The normalized spacial score (nSPS) is 49.1. The van der Waals surface area contributed by atoms with Crippen LogP contribution in [0.5, 0.6) is 0 Å². The average molecular weight is 248 g/mol. The van der Waals surface area contributed by atoms with Crippen molar-refractivity contribution in [2.75, 3.05) is 0 Å². The highest BCUT2D eigenvalue weighted by molar-refractivity contribution is 5.81. The Balaban J connectivity index is 1.92. The molecular weight excluding hydrogens is 224 g/mol. The number of carbonyl (C=O) groups is 1. The summed E-state index contributed by atoms with van der Waals surface area (Å²) in [6.07, 6.45) is 8.72. The lowest BCUT2D eigenvalue weighted by Gasteiger charge is -2.63. The van der Waals surface area contributed by atoms with E-state index >= 15 is 0 Å². The molecule has 0 N–H and O–H groups in total. The second kappa shape index (κ2) is 3.85. The van der Waals surface area contributed by atoms with Crippen LogP contribution in [-0.2, 0) is 9.53 Å². The van der Waals surface area contributed by atoms with E-state index in [0.717, 1.165) is 12.3 Å². The lowest BCUT2D eigenvalue weighted by Crippen LogP contribution is -2.61. The van der Waals surface area contributed by atoms with Crippen LogP contribution < -0.4 is 0 Å². The van der Waals surface area contributed by atoms with E-state index in [4.69, 9.17) is 4.74 Å². The van der Waals surface area contributed by atoms with Gasteiger partial charge in [0, 0.05) is 6.08 Å². The Kier molecular flexibility index (Phi) is 2.62. The molecule has 2 atom stereocenters. The molecule has 0 aromatic carbocycles. The van der Waals surface area contributed by atoms with E-state index in [9.17, 15) is 4.79 Å². The predicted molar refractivity (Wildman–Crippen MR) is 71.0 cm³/mol. The van der Waals surface area contributed by atoms with Crippen molar-refractivity contribution in [3.05, 3.63) is 12.7 Å². The van der Waals surface area contributed by atoms with E-state index in [0.29, 0.717) is 17.3 Å². The fraction of sp³-hybridized carbons (Fsp3) is 0.812. The molecule has 4 aliphatic carbocycles. The molecule has 4 saturated carbocycles. The molecule has 4 rings (SSSR count). The molecule has 4 fully saturated rings. The van der Waals surface area contributed by atoms with Crippen molar-refractivity contribution in [3.63, 3.8) is 0 Å². The summed E-state index contributed by atoms with van der Waals surface area (Å²) in [7, 11) is 0. The molecule has 0 spiro atoms. The molecule has 0 saturated heterocycles. The first-order valence-electron chi connectivity index (χ1n) is 7.37. The van der Waals surface area contributed by atoms with Crippen molar-refractivity contribution in [1.29, 1.82) is 0 Å². The average Bonchev–Trinajstić information content (AvgIpc) is 2.31. The Hall–Kier alpha value is -0.790. The van der Waals surface area contributed by atoms with Crippen LogP contribution in [-0.4, -0.2) is 11.6 Å². The molecule has 2 heteroatoms. The maximum Gasteiger partial charge on any atom is 0.330 e. The fourth-order valence-corrected chi connectivity index (χ4v) is 5.49. The van der Waals surface area contributed by atoms with E-state index in [-0.39, 0.29) is 11.6 Å². The van der Waals surface area contributed by atoms with Gasteiger partial charge in [0.05, 0.1) is 0 Å². The van der Waals surface area contributed by atoms with Crippen LogP contribution in [0.25, 0.3) is 0 Å². The number of hydrogen-bond acceptors (Lipinski definition) is 2. The Morgan fingerprint density at radius 1 is 1.33 bits per heavy atom. The first kappa shape index (κ1) is 12.3. The standard InChI is InChI=1S/C16H24O2/c1-4-14(17)18-16(5-2)12-6-11-7-13(16)10-15(3,8-11)9-12/h4,11-13H,1,5-10H2,2-3H3. The van der Waals surface area contributed by atoms with E-state index in [2.05, 4.69) is 20.4 Å². The van der Waals surface area contributed by atoms with Gasteiger partial charge in [-0.2, -0.15) is 0 Å². The second-order valence-electron chi connectivity index (χ2n) is 7.09. The molecule has 0 aromatic heterocycles. The monoisotopic (exact) mass is 248 g/mol. The molecular formula is C16H24O2. The first-order chi connectivity index (χ1) is 8.51. The highest BCUT2D eigenvalue weighted by Gasteiger charge is 2.61. The summed E-state index contributed by atoms with van der Waals surface area (Å²) in [5.74, 6) is 1.83. The van der Waals surface area contributed by atoms with Crippen molar-refractivity contribution in [3.8, 4) is 0 Å². The number of ether oxygens (including phenoxy) is 1. The van der Waals surface area contributed by atoms with Gasteiger partial charge in [-0.05, 0) is 61.7 Å². The molecule has 100 valence electrons. The van der Waals surface area contributed by atoms with Gasteiger partial charge in [-0.1, -0.05) is 20.4 Å². The minimum absolute atomic E-state index is 0.179. The van der Waals surface area contributed by atoms with Gasteiger partial charge in [-0.25, -0.2) is 4.79 Å². The highest BCUT2D eigenvalue weighted by atomic mass is 16.6. The van der Waals surface area contributed by atoms with Crippen LogP contribution in [0.3, 0.4) is 0 Å². The summed E-state index contributed by atoms with van der Waals surface area (Å²) in [4.78, 5) is 11.7. The van der Waals surface area contributed by atoms with E-state index in [1.54, 1.807) is 0 Å². The zero-order valence-electron chi connectivity index (χ0n) is 11.6. The molecule has 4 aliphatic rings. The molecule has 2 nitrogen and oxygen atoms in total. The summed E-state index contributed by atoms with van der Waals surface area (Å²) in [6.45, 7) is 8.17. The van der Waals surface area contributed by atoms with Gasteiger partial charge in [-0.3, -0.25) is 0 Å². The van der Waals surface area contributed by atoms with Gasteiger partial charge in [0.1, 0.15) is 5.60 Å². The summed E-state index contributed by atoms with van der Waals surface area (Å²) in [5, 5.41) is 0. The van der Waals surface area contributed by atoms with Gasteiger partial charge in [0.25, 0.3) is 0 Å². The summed E-state index contributed by atoms with van der Waals surface area (Å²) < 4.78 is 5.90. The Morgan fingerprint density at radius 2 is 1.94 bits per heavy atom. The van der Waals surface area contributed by atoms with Gasteiger partial charge in [0.15, 0.2) is 0 Å². The van der Waals surface area contributed by atoms with Crippen LogP contribution in [0.1, 0.15) is 52.4 Å². The van der Waals surface area contributed by atoms with Crippen LogP contribution in [0.4, 0.5) is 0 Å². The molecule has 2 unspecified atom stereocenters. The van der Waals surface area contributed by atoms with Crippen LogP contribution in [0.15, 0.2) is 12.7 Å². The van der Waals surface area contributed by atoms with E-state index in [1.807, 2.05) is 0 Å². The zero-order valence-corrected chi connectivity index (χ0v) is 11.6. The highest BCUT2D eigenvalue weighted by Crippen LogP contribution is 2.65. The smallest absolute Gasteiger partial charge is 0.330 e. The van der Waals surface area contributed by atoms with Crippen LogP contribution in [0.2, 0.25) is 0 Å². The van der Waals surface area contributed by atoms with Gasteiger partial charge < -0.3 is 4.74 Å². The van der Waals surface area contributed by atoms with Crippen molar-refractivity contribution in [2.45, 2.75) is 58.0 Å². The molecule has 0 aromatic rings. The van der Waals surface area contributed by atoms with Crippen molar-refractivity contribution in [1.82, 2.24) is 0 Å². The molecule has 0 aliphatic heterocycles. The topological polar surface area (TPSA) is 26.3 Å². The maximum absolute atomic E-state index is 11.7. The minimum atomic E-state index is -0.227. The van der Waals surface area contributed by atoms with Crippen molar-refractivity contribution in [2.24, 2.45) is 23.2 Å². The van der Waals surface area contributed by atoms with Crippen molar-refractivity contribution >= 4 is 5.97 Å². The third kappa shape index (κ3) is 1.57. The third-order valence-electron chi connectivity index (χ3n) is 5.89. The van der Waals surface area contributed by atoms with E-state index in [1.165, 1.54) is 38.2 Å². The lowest BCUT2D eigenvalue weighted by atomic mass is 9.44. The second-order valence-corrected chi connectivity index (χ2v) is 7.09. The maximum atomic E-state index is 11.7. The van der Waals surface area contributed by atoms with Crippen molar-refractivity contribution < 1.29 is 9.53 Å². The zero-order chi connectivity index (χ0) is 13.0. The lowest BCUT2D eigenvalue weighted by molar-refractivity contribution is -0.220. The molecule has 0 amide bonds. The summed E-state index contributed by atoms with van der Waals surface area (Å²) >= 11 is 0. The first-order valence-corrected chi connectivity index (χ1v) is 7.37. The van der Waals surface area contributed by atoms with Gasteiger partial charge in [-0.15, -0.1) is 0 Å². The minimum Gasteiger partial charge on any atom is -0.455 e. The number of esters is 1. The summed E-state index contributed by atoms with van der Waals surface area (Å²) in [5.41, 5.74) is 0.345. The fourth-order valence-electron chi connectivity index (χ4n) is 5.49. The molecule has 18 heavy (non-hydrogen) atoms. The van der Waals surface area contributed by atoms with E-state index < -0.39 is 0 Å². The quantitative estimate of drug-likeness (QED) is 0.562. The van der Waals surface area contributed by atoms with Gasteiger partial charge in [0.2, 0.25) is 0 Å². The Morgan fingerprint density at radius 3 is 2.39 bits per heavy atom. The molecule has 0 radical (unpaired) electrons. The number of hydrogen-bond donors (Lipinski definition) is 0.